The quantitative estimate of drug-likeness (QED) is 0.802. The molecule has 0 heterocycles. The van der Waals surface area contributed by atoms with Gasteiger partial charge < -0.3 is 10.4 Å². The highest BCUT2D eigenvalue weighted by atomic mass is 79.9. The van der Waals surface area contributed by atoms with Crippen LogP contribution in [0.2, 0.25) is 0 Å². The van der Waals surface area contributed by atoms with Gasteiger partial charge in [0.1, 0.15) is 0 Å². The van der Waals surface area contributed by atoms with Crippen molar-refractivity contribution in [1.29, 1.82) is 0 Å². The van der Waals surface area contributed by atoms with Crippen LogP contribution in [-0.2, 0) is 13.0 Å². The SMILES string of the molecule is OCCc1ccc(NCc2ccc(Br)c(Br)c2)cc1. The predicted molar refractivity (Wildman–Crippen MR) is 86.4 cm³/mol. The summed E-state index contributed by atoms with van der Waals surface area (Å²) in [6, 6.07) is 14.4. The molecule has 0 amide bonds. The van der Waals surface area contributed by atoms with Crippen LogP contribution in [0.1, 0.15) is 11.1 Å². The van der Waals surface area contributed by atoms with Gasteiger partial charge in [0, 0.05) is 27.8 Å². The first-order valence-electron chi connectivity index (χ1n) is 6.06. The van der Waals surface area contributed by atoms with Gasteiger partial charge >= 0.3 is 0 Å². The van der Waals surface area contributed by atoms with E-state index >= 15 is 0 Å². The second kappa shape index (κ2) is 7.08. The number of aliphatic hydroxyl groups excluding tert-OH is 1. The van der Waals surface area contributed by atoms with Crippen molar-refractivity contribution in [3.63, 3.8) is 0 Å². The molecule has 0 aliphatic rings. The minimum Gasteiger partial charge on any atom is -0.396 e. The minimum atomic E-state index is 0.194. The van der Waals surface area contributed by atoms with Crippen LogP contribution < -0.4 is 5.32 Å². The summed E-state index contributed by atoms with van der Waals surface area (Å²) in [5, 5.41) is 12.2. The van der Waals surface area contributed by atoms with Gasteiger partial charge in [0.25, 0.3) is 0 Å². The van der Waals surface area contributed by atoms with Gasteiger partial charge in [0.2, 0.25) is 0 Å². The molecule has 0 unspecified atom stereocenters. The summed E-state index contributed by atoms with van der Waals surface area (Å²) in [6.07, 6.45) is 0.708. The highest BCUT2D eigenvalue weighted by Gasteiger charge is 1.99. The third-order valence-electron chi connectivity index (χ3n) is 2.84. The molecule has 2 N–H and O–H groups in total. The molecule has 0 atom stereocenters. The second-order valence-electron chi connectivity index (χ2n) is 4.27. The number of benzene rings is 2. The van der Waals surface area contributed by atoms with E-state index in [0.29, 0.717) is 6.42 Å². The summed E-state index contributed by atoms with van der Waals surface area (Å²) in [7, 11) is 0. The van der Waals surface area contributed by atoms with Gasteiger partial charge in [-0.1, -0.05) is 18.2 Å². The standard InChI is InChI=1S/C15H15Br2NO/c16-14-6-3-12(9-15(14)17)10-18-13-4-1-11(2-5-13)7-8-19/h1-6,9,18-19H,7-8,10H2. The molecule has 2 nitrogen and oxygen atoms in total. The van der Waals surface area contributed by atoms with Crippen molar-refractivity contribution in [2.45, 2.75) is 13.0 Å². The van der Waals surface area contributed by atoms with Crippen LogP contribution in [0.5, 0.6) is 0 Å². The molecule has 4 heteroatoms. The average molecular weight is 385 g/mol. The van der Waals surface area contributed by atoms with Crippen molar-refractivity contribution >= 4 is 37.5 Å². The van der Waals surface area contributed by atoms with E-state index in [1.165, 1.54) is 5.56 Å². The van der Waals surface area contributed by atoms with E-state index in [2.05, 4.69) is 49.3 Å². The zero-order valence-electron chi connectivity index (χ0n) is 10.4. The first-order valence-corrected chi connectivity index (χ1v) is 7.65. The molecule has 0 aliphatic heterocycles. The van der Waals surface area contributed by atoms with E-state index in [-0.39, 0.29) is 6.61 Å². The van der Waals surface area contributed by atoms with Crippen molar-refractivity contribution in [1.82, 2.24) is 0 Å². The lowest BCUT2D eigenvalue weighted by Gasteiger charge is -2.08. The minimum absolute atomic E-state index is 0.194. The van der Waals surface area contributed by atoms with Crippen LogP contribution in [0.25, 0.3) is 0 Å². The zero-order chi connectivity index (χ0) is 13.7. The fraction of sp³-hybridized carbons (Fsp3) is 0.200. The van der Waals surface area contributed by atoms with Crippen molar-refractivity contribution in [2.24, 2.45) is 0 Å². The topological polar surface area (TPSA) is 32.3 Å². The highest BCUT2D eigenvalue weighted by molar-refractivity contribution is 9.13. The van der Waals surface area contributed by atoms with Crippen molar-refractivity contribution in [3.05, 3.63) is 62.5 Å². The lowest BCUT2D eigenvalue weighted by molar-refractivity contribution is 0.299. The highest BCUT2D eigenvalue weighted by Crippen LogP contribution is 2.24. The lowest BCUT2D eigenvalue weighted by Crippen LogP contribution is -1.99. The first kappa shape index (κ1) is 14.6. The van der Waals surface area contributed by atoms with Crippen LogP contribution in [0.3, 0.4) is 0 Å². The number of aliphatic hydroxyl groups is 1. The molecular formula is C15H15Br2NO. The van der Waals surface area contributed by atoms with E-state index in [4.69, 9.17) is 5.11 Å². The molecule has 0 radical (unpaired) electrons. The maximum atomic E-state index is 8.87. The molecule has 19 heavy (non-hydrogen) atoms. The lowest BCUT2D eigenvalue weighted by atomic mass is 10.1. The molecule has 0 spiro atoms. The maximum Gasteiger partial charge on any atom is 0.0471 e. The Morgan fingerprint density at radius 2 is 1.58 bits per heavy atom. The summed E-state index contributed by atoms with van der Waals surface area (Å²) >= 11 is 6.96. The van der Waals surface area contributed by atoms with Crippen molar-refractivity contribution in [2.75, 3.05) is 11.9 Å². The van der Waals surface area contributed by atoms with Gasteiger partial charge in [0.15, 0.2) is 0 Å². The Hall–Kier alpha value is -0.840. The zero-order valence-corrected chi connectivity index (χ0v) is 13.5. The molecule has 0 fully saturated rings. The third-order valence-corrected chi connectivity index (χ3v) is 4.71. The van der Waals surface area contributed by atoms with Gasteiger partial charge in [-0.25, -0.2) is 0 Å². The van der Waals surface area contributed by atoms with Gasteiger partial charge in [0.05, 0.1) is 0 Å². The molecule has 2 aromatic carbocycles. The molecule has 0 bridgehead atoms. The monoisotopic (exact) mass is 383 g/mol. The van der Waals surface area contributed by atoms with E-state index in [1.54, 1.807) is 0 Å². The second-order valence-corrected chi connectivity index (χ2v) is 5.98. The third kappa shape index (κ3) is 4.34. The number of halogens is 2. The van der Waals surface area contributed by atoms with Crippen LogP contribution in [0.15, 0.2) is 51.4 Å². The van der Waals surface area contributed by atoms with Gasteiger partial charge in [-0.2, -0.15) is 0 Å². The molecular weight excluding hydrogens is 370 g/mol. The molecule has 2 rings (SSSR count). The Morgan fingerprint density at radius 1 is 0.895 bits per heavy atom. The number of rotatable bonds is 5. The normalized spacial score (nSPS) is 10.5. The Bertz CT molecular complexity index is 540. The number of hydrogen-bond donors (Lipinski definition) is 2. The largest absolute Gasteiger partial charge is 0.396 e. The molecule has 0 saturated carbocycles. The fourth-order valence-corrected chi connectivity index (χ4v) is 2.44. The summed E-state index contributed by atoms with van der Waals surface area (Å²) in [5.74, 6) is 0. The van der Waals surface area contributed by atoms with Gasteiger partial charge in [-0.05, 0) is 73.7 Å². The Kier molecular flexibility index (Phi) is 5.43. The summed E-state index contributed by atoms with van der Waals surface area (Å²) < 4.78 is 2.12. The number of hydrogen-bond acceptors (Lipinski definition) is 2. The molecule has 2 aromatic rings. The van der Waals surface area contributed by atoms with E-state index in [0.717, 1.165) is 26.7 Å². The van der Waals surface area contributed by atoms with Crippen molar-refractivity contribution in [3.8, 4) is 0 Å². The van der Waals surface area contributed by atoms with Crippen molar-refractivity contribution < 1.29 is 5.11 Å². The van der Waals surface area contributed by atoms with Crippen LogP contribution in [0, 0.1) is 0 Å². The van der Waals surface area contributed by atoms with E-state index in [1.807, 2.05) is 30.3 Å². The first-order chi connectivity index (χ1) is 9.19. The predicted octanol–water partition coefficient (Wildman–Crippen LogP) is 4.36. The van der Waals surface area contributed by atoms with Crippen LogP contribution >= 0.6 is 31.9 Å². The molecule has 0 aliphatic carbocycles. The van der Waals surface area contributed by atoms with Gasteiger partial charge in [-0.15, -0.1) is 0 Å². The smallest absolute Gasteiger partial charge is 0.0471 e. The Labute approximate surface area is 130 Å². The summed E-state index contributed by atoms with van der Waals surface area (Å²) in [5.41, 5.74) is 3.45. The van der Waals surface area contributed by atoms with Crippen LogP contribution in [0.4, 0.5) is 5.69 Å². The van der Waals surface area contributed by atoms with E-state index < -0.39 is 0 Å². The molecule has 0 saturated heterocycles. The Balaban J connectivity index is 1.96. The number of nitrogens with one attached hydrogen (secondary N) is 1. The average Bonchev–Trinajstić information content (AvgIpc) is 2.42. The number of anilines is 1. The van der Waals surface area contributed by atoms with Gasteiger partial charge in [-0.3, -0.25) is 0 Å². The Morgan fingerprint density at radius 3 is 2.21 bits per heavy atom. The van der Waals surface area contributed by atoms with Crippen LogP contribution in [-0.4, -0.2) is 11.7 Å². The van der Waals surface area contributed by atoms with E-state index in [9.17, 15) is 0 Å². The maximum absolute atomic E-state index is 8.87. The molecule has 100 valence electrons. The summed E-state index contributed by atoms with van der Waals surface area (Å²) in [6.45, 7) is 0.977. The molecule has 0 aromatic heterocycles. The summed E-state index contributed by atoms with van der Waals surface area (Å²) in [4.78, 5) is 0. The fourth-order valence-electron chi connectivity index (χ4n) is 1.77.